The summed E-state index contributed by atoms with van der Waals surface area (Å²) >= 11 is 0. The van der Waals surface area contributed by atoms with E-state index in [2.05, 4.69) is 23.5 Å². The zero-order valence-corrected chi connectivity index (χ0v) is 11.3. The second kappa shape index (κ2) is 7.36. The number of carbonyl (C=O) groups excluding carboxylic acids is 1. The van der Waals surface area contributed by atoms with Gasteiger partial charge < -0.3 is 9.64 Å². The summed E-state index contributed by atoms with van der Waals surface area (Å²) in [6.07, 6.45) is 9.77. The lowest BCUT2D eigenvalue weighted by atomic mass is 10.1. The fraction of sp³-hybridized carbons (Fsp3) is 0.786. The first kappa shape index (κ1) is 14.1. The molecule has 0 aromatic rings. The van der Waals surface area contributed by atoms with E-state index in [4.69, 9.17) is 0 Å². The van der Waals surface area contributed by atoms with Gasteiger partial charge in [-0.2, -0.15) is 0 Å². The quantitative estimate of drug-likeness (QED) is 0.527. The smallest absolute Gasteiger partial charge is 0.331 e. The van der Waals surface area contributed by atoms with Gasteiger partial charge in [0.25, 0.3) is 0 Å². The Hall–Kier alpha value is -0.990. The molecule has 1 fully saturated rings. The number of carbonyl (C=O) groups is 1. The number of ether oxygens (including phenoxy) is 1. The van der Waals surface area contributed by atoms with E-state index in [0.717, 1.165) is 6.54 Å². The van der Waals surface area contributed by atoms with Crippen molar-refractivity contribution in [3.8, 4) is 0 Å². The molecule has 0 heterocycles. The Morgan fingerprint density at radius 2 is 2.06 bits per heavy atom. The summed E-state index contributed by atoms with van der Waals surface area (Å²) in [5, 5.41) is 0. The van der Waals surface area contributed by atoms with Crippen molar-refractivity contribution in [3.63, 3.8) is 0 Å². The molecule has 1 aliphatic carbocycles. The summed E-state index contributed by atoms with van der Waals surface area (Å²) in [6, 6.07) is 0.620. The van der Waals surface area contributed by atoms with E-state index in [1.54, 1.807) is 6.08 Å². The molecule has 98 valence electrons. The van der Waals surface area contributed by atoms with Crippen molar-refractivity contribution in [2.75, 3.05) is 13.7 Å². The Morgan fingerprint density at radius 1 is 1.41 bits per heavy atom. The Bertz CT molecular complexity index is 255. The highest BCUT2D eigenvalue weighted by Crippen LogP contribution is 2.24. The maximum absolute atomic E-state index is 11.1. The predicted octanol–water partition coefficient (Wildman–Crippen LogP) is 2.96. The zero-order chi connectivity index (χ0) is 12.7. The van der Waals surface area contributed by atoms with E-state index in [1.165, 1.54) is 39.2 Å². The normalized spacial score (nSPS) is 16.9. The van der Waals surface area contributed by atoms with Crippen LogP contribution >= 0.6 is 0 Å². The SMILES string of the molecule is COC(=O)C=CN(CCC(C)C)C1CCCC1. The summed E-state index contributed by atoms with van der Waals surface area (Å²) in [5.74, 6) is 0.433. The van der Waals surface area contributed by atoms with Gasteiger partial charge in [-0.15, -0.1) is 0 Å². The molecule has 3 heteroatoms. The summed E-state index contributed by atoms with van der Waals surface area (Å²) in [6.45, 7) is 5.50. The van der Waals surface area contributed by atoms with Gasteiger partial charge in [0.05, 0.1) is 7.11 Å². The molecule has 0 aromatic heterocycles. The van der Waals surface area contributed by atoms with Crippen LogP contribution in [0.2, 0.25) is 0 Å². The van der Waals surface area contributed by atoms with E-state index < -0.39 is 0 Å². The maximum Gasteiger partial charge on any atom is 0.331 e. The van der Waals surface area contributed by atoms with Gasteiger partial charge in [0.1, 0.15) is 0 Å². The number of nitrogens with zero attached hydrogens (tertiary/aromatic N) is 1. The molecule has 1 saturated carbocycles. The Balaban J connectivity index is 2.51. The molecule has 17 heavy (non-hydrogen) atoms. The maximum atomic E-state index is 11.1. The molecule has 3 nitrogen and oxygen atoms in total. The Labute approximate surface area is 105 Å². The van der Waals surface area contributed by atoms with Crippen molar-refractivity contribution in [3.05, 3.63) is 12.3 Å². The lowest BCUT2D eigenvalue weighted by Crippen LogP contribution is -2.30. The molecule has 0 unspecified atom stereocenters. The van der Waals surface area contributed by atoms with E-state index >= 15 is 0 Å². The molecule has 0 aliphatic heterocycles. The first-order chi connectivity index (χ1) is 8.13. The fourth-order valence-corrected chi connectivity index (χ4v) is 2.25. The highest BCUT2D eigenvalue weighted by atomic mass is 16.5. The molecule has 0 amide bonds. The van der Waals surface area contributed by atoms with E-state index in [-0.39, 0.29) is 5.97 Å². The minimum atomic E-state index is -0.266. The predicted molar refractivity (Wildman–Crippen MR) is 69.6 cm³/mol. The van der Waals surface area contributed by atoms with E-state index in [9.17, 15) is 4.79 Å². The number of hydrogen-bond acceptors (Lipinski definition) is 3. The summed E-state index contributed by atoms with van der Waals surface area (Å²) in [7, 11) is 1.42. The third-order valence-electron chi connectivity index (χ3n) is 3.36. The molecule has 0 atom stereocenters. The van der Waals surface area contributed by atoms with Gasteiger partial charge >= 0.3 is 5.97 Å². The average molecular weight is 239 g/mol. The number of hydrogen-bond donors (Lipinski definition) is 0. The summed E-state index contributed by atoms with van der Waals surface area (Å²) in [5.41, 5.74) is 0. The average Bonchev–Trinajstić information content (AvgIpc) is 2.81. The molecule has 0 aromatic carbocycles. The fourth-order valence-electron chi connectivity index (χ4n) is 2.25. The van der Waals surface area contributed by atoms with Crippen molar-refractivity contribution in [1.29, 1.82) is 0 Å². The highest BCUT2D eigenvalue weighted by molar-refractivity contribution is 5.81. The monoisotopic (exact) mass is 239 g/mol. The minimum Gasteiger partial charge on any atom is -0.466 e. The van der Waals surface area contributed by atoms with Crippen LogP contribution in [-0.4, -0.2) is 30.6 Å². The van der Waals surface area contributed by atoms with Gasteiger partial charge in [0, 0.05) is 24.9 Å². The second-order valence-electron chi connectivity index (χ2n) is 5.20. The Kier molecular flexibility index (Phi) is 6.09. The minimum absolute atomic E-state index is 0.266. The molecule has 0 saturated heterocycles. The topological polar surface area (TPSA) is 29.5 Å². The first-order valence-corrected chi connectivity index (χ1v) is 6.65. The van der Waals surface area contributed by atoms with Gasteiger partial charge in [0.2, 0.25) is 0 Å². The second-order valence-corrected chi connectivity index (χ2v) is 5.20. The van der Waals surface area contributed by atoms with Crippen LogP contribution in [0.25, 0.3) is 0 Å². The van der Waals surface area contributed by atoms with Crippen LogP contribution in [0.3, 0.4) is 0 Å². The third-order valence-corrected chi connectivity index (χ3v) is 3.36. The largest absolute Gasteiger partial charge is 0.466 e. The van der Waals surface area contributed by atoms with Gasteiger partial charge in [-0.25, -0.2) is 4.79 Å². The number of esters is 1. The molecule has 0 N–H and O–H groups in total. The lowest BCUT2D eigenvalue weighted by molar-refractivity contribution is -0.134. The van der Waals surface area contributed by atoms with Crippen LogP contribution in [0.4, 0.5) is 0 Å². The first-order valence-electron chi connectivity index (χ1n) is 6.65. The van der Waals surface area contributed by atoms with Crippen molar-refractivity contribution in [2.45, 2.75) is 52.0 Å². The number of rotatable bonds is 6. The van der Waals surface area contributed by atoms with Crippen LogP contribution in [0.1, 0.15) is 46.0 Å². The van der Waals surface area contributed by atoms with Gasteiger partial charge in [-0.05, 0) is 25.2 Å². The molecular weight excluding hydrogens is 214 g/mol. The van der Waals surface area contributed by atoms with Gasteiger partial charge in [-0.1, -0.05) is 26.7 Å². The van der Waals surface area contributed by atoms with E-state index in [1.807, 2.05) is 6.20 Å². The highest BCUT2D eigenvalue weighted by Gasteiger charge is 2.20. The van der Waals surface area contributed by atoms with Crippen molar-refractivity contribution >= 4 is 5.97 Å². The van der Waals surface area contributed by atoms with Crippen molar-refractivity contribution in [2.24, 2.45) is 5.92 Å². The summed E-state index contributed by atoms with van der Waals surface area (Å²) < 4.78 is 4.64. The van der Waals surface area contributed by atoms with Crippen LogP contribution in [-0.2, 0) is 9.53 Å². The van der Waals surface area contributed by atoms with Crippen LogP contribution in [0.5, 0.6) is 0 Å². The Morgan fingerprint density at radius 3 is 2.59 bits per heavy atom. The number of methoxy groups -OCH3 is 1. The molecular formula is C14H25NO2. The van der Waals surface area contributed by atoms with Crippen molar-refractivity contribution in [1.82, 2.24) is 4.90 Å². The molecule has 0 bridgehead atoms. The lowest BCUT2D eigenvalue weighted by Gasteiger charge is -2.28. The third kappa shape index (κ3) is 5.24. The molecule has 1 aliphatic rings. The van der Waals surface area contributed by atoms with Crippen LogP contribution < -0.4 is 0 Å². The van der Waals surface area contributed by atoms with E-state index in [0.29, 0.717) is 12.0 Å². The van der Waals surface area contributed by atoms with Crippen LogP contribution in [0.15, 0.2) is 12.3 Å². The van der Waals surface area contributed by atoms with Crippen molar-refractivity contribution < 1.29 is 9.53 Å². The zero-order valence-electron chi connectivity index (χ0n) is 11.3. The standard InChI is InChI=1S/C14H25NO2/c1-12(2)8-10-15(11-9-14(16)17-3)13-6-4-5-7-13/h9,11-13H,4-8,10H2,1-3H3. The van der Waals surface area contributed by atoms with Gasteiger partial charge in [-0.3, -0.25) is 0 Å². The molecule has 0 spiro atoms. The molecule has 1 rings (SSSR count). The van der Waals surface area contributed by atoms with Crippen LogP contribution in [0, 0.1) is 5.92 Å². The summed E-state index contributed by atoms with van der Waals surface area (Å²) in [4.78, 5) is 13.5. The molecule has 0 radical (unpaired) electrons. The van der Waals surface area contributed by atoms with Gasteiger partial charge in [0.15, 0.2) is 0 Å².